The average molecular weight is 423 g/mol. The molecule has 2 unspecified atom stereocenters. The van der Waals surface area contributed by atoms with Crippen LogP contribution in [0.1, 0.15) is 30.4 Å². The van der Waals surface area contributed by atoms with E-state index >= 15 is 0 Å². The summed E-state index contributed by atoms with van der Waals surface area (Å²) >= 11 is 0. The lowest BCUT2D eigenvalue weighted by atomic mass is 9.89. The Labute approximate surface area is 183 Å². The molecule has 0 aliphatic carbocycles. The first kappa shape index (κ1) is 22.4. The maximum absolute atomic E-state index is 12.7. The number of nitrogens with one attached hydrogen (secondary N) is 2. The number of benzene rings is 2. The Morgan fingerprint density at radius 2 is 1.94 bits per heavy atom. The third-order valence-corrected chi connectivity index (χ3v) is 5.34. The van der Waals surface area contributed by atoms with E-state index < -0.39 is 6.10 Å². The SMILES string of the molecule is C=CCCOC(C)C(=O)NCC(c1cccc(OC)c1OC)c1c[nH]c2ccccc12. The van der Waals surface area contributed by atoms with Crippen LogP contribution in [0.4, 0.5) is 0 Å². The largest absolute Gasteiger partial charge is 0.493 e. The highest BCUT2D eigenvalue weighted by atomic mass is 16.5. The Morgan fingerprint density at radius 3 is 2.68 bits per heavy atom. The van der Waals surface area contributed by atoms with Crippen LogP contribution in [0.25, 0.3) is 10.9 Å². The Bertz CT molecular complexity index is 1030. The van der Waals surface area contributed by atoms with Gasteiger partial charge in [-0.25, -0.2) is 0 Å². The topological polar surface area (TPSA) is 72.6 Å². The second-order valence-electron chi connectivity index (χ2n) is 7.26. The first-order valence-electron chi connectivity index (χ1n) is 10.4. The molecule has 0 radical (unpaired) electrons. The minimum atomic E-state index is -0.546. The van der Waals surface area contributed by atoms with Crippen LogP contribution in [0.5, 0.6) is 11.5 Å². The summed E-state index contributed by atoms with van der Waals surface area (Å²) in [7, 11) is 3.24. The Morgan fingerprint density at radius 1 is 1.13 bits per heavy atom. The van der Waals surface area contributed by atoms with E-state index in [0.717, 1.165) is 22.0 Å². The number of ether oxygens (including phenoxy) is 3. The highest BCUT2D eigenvalue weighted by Crippen LogP contribution is 2.40. The zero-order valence-electron chi connectivity index (χ0n) is 18.3. The van der Waals surface area contributed by atoms with Gasteiger partial charge in [0.15, 0.2) is 11.5 Å². The van der Waals surface area contributed by atoms with Crippen molar-refractivity contribution in [2.45, 2.75) is 25.4 Å². The van der Waals surface area contributed by atoms with Gasteiger partial charge in [0.05, 0.1) is 20.8 Å². The molecular formula is C25H30N2O4. The molecular weight excluding hydrogens is 392 g/mol. The molecule has 3 rings (SSSR count). The van der Waals surface area contributed by atoms with E-state index in [2.05, 4.69) is 22.9 Å². The standard InChI is InChI=1S/C25H30N2O4/c1-5-6-14-31-17(2)25(28)27-16-21(19-11-9-13-23(29-3)24(19)30-4)20-15-26-22-12-8-7-10-18(20)22/h5,7-13,15,17,21,26H,1,6,14,16H2,2-4H3,(H,27,28). The van der Waals surface area contributed by atoms with Gasteiger partial charge in [0.1, 0.15) is 6.10 Å². The molecule has 0 aliphatic rings. The molecule has 3 aromatic rings. The van der Waals surface area contributed by atoms with Crippen LogP contribution in [0.15, 0.2) is 61.3 Å². The monoisotopic (exact) mass is 422 g/mol. The van der Waals surface area contributed by atoms with Crippen LogP contribution in [0, 0.1) is 0 Å². The van der Waals surface area contributed by atoms with Gasteiger partial charge in [0, 0.05) is 35.1 Å². The second kappa shape index (κ2) is 10.7. The Balaban J connectivity index is 1.93. The van der Waals surface area contributed by atoms with Crippen molar-refractivity contribution in [3.8, 4) is 11.5 Å². The van der Waals surface area contributed by atoms with Crippen molar-refractivity contribution >= 4 is 16.8 Å². The third-order valence-electron chi connectivity index (χ3n) is 5.34. The first-order chi connectivity index (χ1) is 15.1. The highest BCUT2D eigenvalue weighted by Gasteiger charge is 2.25. The number of carbonyl (C=O) groups is 1. The molecule has 0 spiro atoms. The molecule has 0 saturated heterocycles. The number of fused-ring (bicyclic) bond motifs is 1. The van der Waals surface area contributed by atoms with E-state index in [1.54, 1.807) is 27.2 Å². The smallest absolute Gasteiger partial charge is 0.248 e. The fraction of sp³-hybridized carbons (Fsp3) is 0.320. The fourth-order valence-electron chi connectivity index (χ4n) is 3.71. The quantitative estimate of drug-likeness (QED) is 0.355. The summed E-state index contributed by atoms with van der Waals surface area (Å²) in [6.07, 6.45) is 3.92. The Hall–Kier alpha value is -3.25. The fourth-order valence-corrected chi connectivity index (χ4v) is 3.71. The number of rotatable bonds is 11. The molecule has 6 heteroatoms. The van der Waals surface area contributed by atoms with Crippen LogP contribution < -0.4 is 14.8 Å². The number of methoxy groups -OCH3 is 2. The lowest BCUT2D eigenvalue weighted by Crippen LogP contribution is -2.37. The van der Waals surface area contributed by atoms with E-state index in [1.165, 1.54) is 0 Å². The molecule has 164 valence electrons. The maximum atomic E-state index is 12.7. The van der Waals surface area contributed by atoms with Crippen LogP contribution in [-0.2, 0) is 9.53 Å². The predicted molar refractivity (Wildman–Crippen MR) is 123 cm³/mol. The van der Waals surface area contributed by atoms with Crippen molar-refractivity contribution < 1.29 is 19.0 Å². The van der Waals surface area contributed by atoms with Gasteiger partial charge in [-0.3, -0.25) is 4.79 Å². The molecule has 1 heterocycles. The number of carbonyl (C=O) groups excluding carboxylic acids is 1. The predicted octanol–water partition coefficient (Wildman–Crippen LogP) is 4.41. The summed E-state index contributed by atoms with van der Waals surface area (Å²) in [4.78, 5) is 16.0. The molecule has 0 bridgehead atoms. The molecule has 31 heavy (non-hydrogen) atoms. The Kier molecular flexibility index (Phi) is 7.73. The number of H-pyrrole nitrogens is 1. The van der Waals surface area contributed by atoms with Crippen molar-refractivity contribution in [2.75, 3.05) is 27.4 Å². The molecule has 2 N–H and O–H groups in total. The van der Waals surface area contributed by atoms with Gasteiger partial charge in [-0.15, -0.1) is 6.58 Å². The van der Waals surface area contributed by atoms with Crippen molar-refractivity contribution in [2.24, 2.45) is 0 Å². The van der Waals surface area contributed by atoms with Gasteiger partial charge in [0.25, 0.3) is 0 Å². The molecule has 2 aromatic carbocycles. The summed E-state index contributed by atoms with van der Waals surface area (Å²) < 4.78 is 16.8. The molecule has 2 atom stereocenters. The van der Waals surface area contributed by atoms with Crippen LogP contribution in [0.2, 0.25) is 0 Å². The molecule has 6 nitrogen and oxygen atoms in total. The van der Waals surface area contributed by atoms with Gasteiger partial charge >= 0.3 is 0 Å². The molecule has 0 aliphatic heterocycles. The highest BCUT2D eigenvalue weighted by molar-refractivity contribution is 5.85. The van der Waals surface area contributed by atoms with Crippen LogP contribution >= 0.6 is 0 Å². The summed E-state index contributed by atoms with van der Waals surface area (Å²) in [6, 6.07) is 13.9. The summed E-state index contributed by atoms with van der Waals surface area (Å²) in [5, 5.41) is 4.15. The molecule has 0 saturated carbocycles. The molecule has 1 amide bonds. The van der Waals surface area contributed by atoms with E-state index in [4.69, 9.17) is 14.2 Å². The zero-order chi connectivity index (χ0) is 22.2. The summed E-state index contributed by atoms with van der Waals surface area (Å²) in [5.74, 6) is 1.00. The normalized spacial score (nSPS) is 12.9. The molecule has 0 fully saturated rings. The second-order valence-corrected chi connectivity index (χ2v) is 7.26. The van der Waals surface area contributed by atoms with E-state index in [1.807, 2.05) is 42.6 Å². The van der Waals surface area contributed by atoms with Gasteiger partial charge < -0.3 is 24.5 Å². The minimum Gasteiger partial charge on any atom is -0.493 e. The van der Waals surface area contributed by atoms with E-state index in [9.17, 15) is 4.79 Å². The number of para-hydroxylation sites is 2. The number of amides is 1. The van der Waals surface area contributed by atoms with Gasteiger partial charge in [-0.1, -0.05) is 36.4 Å². The van der Waals surface area contributed by atoms with Crippen molar-refractivity contribution in [3.05, 3.63) is 72.4 Å². The first-order valence-corrected chi connectivity index (χ1v) is 10.4. The maximum Gasteiger partial charge on any atom is 0.248 e. The van der Waals surface area contributed by atoms with Gasteiger partial charge in [-0.05, 0) is 31.0 Å². The third kappa shape index (κ3) is 5.09. The van der Waals surface area contributed by atoms with E-state index in [-0.39, 0.29) is 11.8 Å². The lowest BCUT2D eigenvalue weighted by molar-refractivity contribution is -0.131. The van der Waals surface area contributed by atoms with Crippen LogP contribution in [0.3, 0.4) is 0 Å². The van der Waals surface area contributed by atoms with Gasteiger partial charge in [0.2, 0.25) is 5.91 Å². The number of aromatic amines is 1. The van der Waals surface area contributed by atoms with E-state index in [0.29, 0.717) is 31.1 Å². The average Bonchev–Trinajstić information content (AvgIpc) is 3.23. The van der Waals surface area contributed by atoms with Crippen molar-refractivity contribution in [1.82, 2.24) is 10.3 Å². The number of aromatic nitrogens is 1. The van der Waals surface area contributed by atoms with Crippen molar-refractivity contribution in [3.63, 3.8) is 0 Å². The lowest BCUT2D eigenvalue weighted by Gasteiger charge is -2.23. The van der Waals surface area contributed by atoms with Crippen molar-refractivity contribution in [1.29, 1.82) is 0 Å². The number of hydrogen-bond donors (Lipinski definition) is 2. The number of hydrogen-bond acceptors (Lipinski definition) is 4. The van der Waals surface area contributed by atoms with Crippen LogP contribution in [-0.4, -0.2) is 44.4 Å². The summed E-state index contributed by atoms with van der Waals surface area (Å²) in [5.41, 5.74) is 3.05. The molecule has 1 aromatic heterocycles. The van der Waals surface area contributed by atoms with Gasteiger partial charge in [-0.2, -0.15) is 0 Å². The minimum absolute atomic E-state index is 0.148. The summed E-state index contributed by atoms with van der Waals surface area (Å²) in [6.45, 7) is 6.28. The zero-order valence-corrected chi connectivity index (χ0v) is 18.3.